The second-order valence-corrected chi connectivity index (χ2v) is 8.53. The van der Waals surface area contributed by atoms with Crippen LogP contribution in [0.15, 0.2) is 0 Å². The predicted octanol–water partition coefficient (Wildman–Crippen LogP) is 1.17. The van der Waals surface area contributed by atoms with Gasteiger partial charge in [0, 0.05) is 56.5 Å². The van der Waals surface area contributed by atoms with Crippen molar-refractivity contribution in [3.63, 3.8) is 0 Å². The summed E-state index contributed by atoms with van der Waals surface area (Å²) in [5.74, 6) is 0.603. The minimum Gasteiger partial charge on any atom is -0.378 e. The fraction of sp³-hybridized carbons (Fsp3) is 0.737. The molecule has 0 N–H and O–H groups in total. The molecule has 2 aliphatic heterocycles. The first-order chi connectivity index (χ1) is 13.2. The summed E-state index contributed by atoms with van der Waals surface area (Å²) in [5.41, 5.74) is 1.17. The number of nitrogens with zero attached hydrogens (tertiary/aromatic N) is 4. The number of morpholine rings is 1. The maximum Gasteiger partial charge on any atom is 0.226 e. The molecule has 7 nitrogen and oxygen atoms in total. The van der Waals surface area contributed by atoms with E-state index in [0.717, 1.165) is 63.7 Å². The number of anilines is 1. The Balaban J connectivity index is 1.37. The quantitative estimate of drug-likeness (QED) is 0.773. The number of ether oxygens (including phenoxy) is 1. The minimum absolute atomic E-state index is 0.0860. The molecule has 2 amide bonds. The summed E-state index contributed by atoms with van der Waals surface area (Å²) in [5, 5.41) is 1.06. The normalized spacial score (nSPS) is 23.3. The van der Waals surface area contributed by atoms with Crippen LogP contribution in [0, 0.1) is 5.92 Å². The number of piperazine rings is 1. The first kappa shape index (κ1) is 18.7. The van der Waals surface area contributed by atoms with E-state index in [2.05, 4.69) is 4.90 Å². The van der Waals surface area contributed by atoms with E-state index in [4.69, 9.17) is 9.72 Å². The van der Waals surface area contributed by atoms with Gasteiger partial charge in [0.1, 0.15) is 0 Å². The van der Waals surface area contributed by atoms with Gasteiger partial charge in [-0.3, -0.25) is 9.59 Å². The van der Waals surface area contributed by atoms with Crippen molar-refractivity contribution in [2.24, 2.45) is 5.92 Å². The molecule has 2 fully saturated rings. The highest BCUT2D eigenvalue weighted by molar-refractivity contribution is 7.15. The van der Waals surface area contributed by atoms with Gasteiger partial charge >= 0.3 is 0 Å². The Bertz CT molecular complexity index is 693. The van der Waals surface area contributed by atoms with Crippen LogP contribution in [0.3, 0.4) is 0 Å². The van der Waals surface area contributed by atoms with Gasteiger partial charge in [0.2, 0.25) is 11.8 Å². The number of fused-ring (bicyclic) bond motifs is 1. The molecule has 27 heavy (non-hydrogen) atoms. The fourth-order valence-corrected chi connectivity index (χ4v) is 5.36. The van der Waals surface area contributed by atoms with E-state index in [0.29, 0.717) is 19.6 Å². The number of aromatic nitrogens is 1. The van der Waals surface area contributed by atoms with E-state index < -0.39 is 0 Å². The number of aryl methyl sites for hydroxylation is 1. The van der Waals surface area contributed by atoms with E-state index in [1.807, 2.05) is 16.7 Å². The smallest absolute Gasteiger partial charge is 0.226 e. The topological polar surface area (TPSA) is 66.0 Å². The number of carbonyl (C=O) groups excluding carboxylic acids is 2. The highest BCUT2D eigenvalue weighted by Crippen LogP contribution is 2.35. The zero-order valence-electron chi connectivity index (χ0n) is 16.0. The molecule has 2 saturated heterocycles. The van der Waals surface area contributed by atoms with Crippen molar-refractivity contribution < 1.29 is 14.3 Å². The molecule has 1 unspecified atom stereocenters. The third-order valence-corrected chi connectivity index (χ3v) is 6.99. The van der Waals surface area contributed by atoms with Gasteiger partial charge < -0.3 is 19.4 Å². The van der Waals surface area contributed by atoms with Crippen LogP contribution in [0.25, 0.3) is 0 Å². The molecule has 148 valence electrons. The van der Waals surface area contributed by atoms with E-state index >= 15 is 0 Å². The Morgan fingerprint density at radius 1 is 1.11 bits per heavy atom. The van der Waals surface area contributed by atoms with Crippen molar-refractivity contribution in [3.05, 3.63) is 10.6 Å². The van der Waals surface area contributed by atoms with Crippen LogP contribution in [-0.2, 0) is 27.2 Å². The molecule has 0 radical (unpaired) electrons. The number of rotatable bonds is 3. The molecule has 1 aliphatic carbocycles. The lowest BCUT2D eigenvalue weighted by atomic mass is 9.90. The average molecular weight is 393 g/mol. The summed E-state index contributed by atoms with van der Waals surface area (Å²) in [7, 11) is 0. The standard InChI is InChI=1S/C19H28N4O3S/c1-2-17(24)21-5-7-23(8-6-21)19-20-15-4-3-14(13-16(15)27-19)18(25)22-9-11-26-12-10-22/h14H,2-13H2,1H3. The summed E-state index contributed by atoms with van der Waals surface area (Å²) in [4.78, 5) is 37.0. The van der Waals surface area contributed by atoms with E-state index in [1.54, 1.807) is 11.3 Å². The number of hydrogen-bond acceptors (Lipinski definition) is 6. The maximum atomic E-state index is 12.8. The molecular weight excluding hydrogens is 364 g/mol. The molecule has 1 aromatic rings. The van der Waals surface area contributed by atoms with Crippen LogP contribution in [0.5, 0.6) is 0 Å². The molecule has 0 spiro atoms. The molecule has 3 aliphatic rings. The van der Waals surface area contributed by atoms with Crippen molar-refractivity contribution in [1.29, 1.82) is 0 Å². The lowest BCUT2D eigenvalue weighted by Gasteiger charge is -2.34. The van der Waals surface area contributed by atoms with Crippen molar-refractivity contribution in [2.75, 3.05) is 57.4 Å². The van der Waals surface area contributed by atoms with Gasteiger partial charge in [-0.25, -0.2) is 4.98 Å². The Morgan fingerprint density at radius 3 is 2.56 bits per heavy atom. The van der Waals surface area contributed by atoms with Crippen LogP contribution in [-0.4, -0.2) is 79.1 Å². The SMILES string of the molecule is CCC(=O)N1CCN(c2nc3c(s2)CC(C(=O)N2CCOCC2)CC3)CC1. The zero-order chi connectivity index (χ0) is 18.8. The molecule has 1 aromatic heterocycles. The van der Waals surface area contributed by atoms with Crippen molar-refractivity contribution in [3.8, 4) is 0 Å². The third kappa shape index (κ3) is 3.96. The Hall–Kier alpha value is -1.67. The first-order valence-corrected chi connectivity index (χ1v) is 10.8. The lowest BCUT2D eigenvalue weighted by molar-refractivity contribution is -0.140. The first-order valence-electron chi connectivity index (χ1n) is 10.0. The van der Waals surface area contributed by atoms with Crippen LogP contribution < -0.4 is 4.90 Å². The Morgan fingerprint density at radius 2 is 1.85 bits per heavy atom. The average Bonchev–Trinajstić information content (AvgIpc) is 3.16. The van der Waals surface area contributed by atoms with E-state index in [1.165, 1.54) is 10.6 Å². The van der Waals surface area contributed by atoms with Gasteiger partial charge in [-0.1, -0.05) is 6.92 Å². The highest BCUT2D eigenvalue weighted by Gasteiger charge is 2.32. The number of thiazole rings is 1. The maximum absolute atomic E-state index is 12.8. The summed E-state index contributed by atoms with van der Waals surface area (Å²) in [6, 6.07) is 0. The van der Waals surface area contributed by atoms with Crippen molar-refractivity contribution in [2.45, 2.75) is 32.6 Å². The van der Waals surface area contributed by atoms with Crippen LogP contribution in [0.2, 0.25) is 0 Å². The molecule has 0 saturated carbocycles. The highest BCUT2D eigenvalue weighted by atomic mass is 32.1. The van der Waals surface area contributed by atoms with Crippen LogP contribution in [0.1, 0.15) is 30.3 Å². The zero-order valence-corrected chi connectivity index (χ0v) is 16.8. The third-order valence-electron chi connectivity index (χ3n) is 5.81. The molecule has 0 bridgehead atoms. The predicted molar refractivity (Wildman–Crippen MR) is 104 cm³/mol. The number of hydrogen-bond donors (Lipinski definition) is 0. The van der Waals surface area contributed by atoms with Gasteiger partial charge in [0.25, 0.3) is 0 Å². The summed E-state index contributed by atoms with van der Waals surface area (Å²) in [6.07, 6.45) is 3.17. The molecular formula is C19H28N4O3S. The molecule has 4 rings (SSSR count). The van der Waals surface area contributed by atoms with Gasteiger partial charge in [0.15, 0.2) is 5.13 Å². The van der Waals surface area contributed by atoms with Gasteiger partial charge in [0.05, 0.1) is 18.9 Å². The summed E-state index contributed by atoms with van der Waals surface area (Å²) in [6.45, 7) is 7.89. The second kappa shape index (κ2) is 8.14. The van der Waals surface area contributed by atoms with Crippen molar-refractivity contribution >= 4 is 28.3 Å². The minimum atomic E-state index is 0.0860. The van der Waals surface area contributed by atoms with Gasteiger partial charge in [-0.2, -0.15) is 0 Å². The second-order valence-electron chi connectivity index (χ2n) is 7.47. The molecule has 3 heterocycles. The lowest BCUT2D eigenvalue weighted by Crippen LogP contribution is -2.48. The van der Waals surface area contributed by atoms with Crippen LogP contribution in [0.4, 0.5) is 5.13 Å². The van der Waals surface area contributed by atoms with Gasteiger partial charge in [-0.15, -0.1) is 11.3 Å². The number of carbonyl (C=O) groups is 2. The summed E-state index contributed by atoms with van der Waals surface area (Å²) >= 11 is 1.74. The van der Waals surface area contributed by atoms with Gasteiger partial charge in [-0.05, 0) is 19.3 Å². The van der Waals surface area contributed by atoms with Crippen molar-refractivity contribution in [1.82, 2.24) is 14.8 Å². The van der Waals surface area contributed by atoms with E-state index in [-0.39, 0.29) is 17.7 Å². The monoisotopic (exact) mass is 392 g/mol. The largest absolute Gasteiger partial charge is 0.378 e. The van der Waals surface area contributed by atoms with E-state index in [9.17, 15) is 9.59 Å². The molecule has 1 atom stereocenters. The number of amides is 2. The van der Waals surface area contributed by atoms with Crippen LogP contribution >= 0.6 is 11.3 Å². The molecule has 8 heteroatoms. The fourth-order valence-electron chi connectivity index (χ4n) is 4.12. The Kier molecular flexibility index (Phi) is 5.63. The Labute approximate surface area is 164 Å². The summed E-state index contributed by atoms with van der Waals surface area (Å²) < 4.78 is 5.36. The molecule has 0 aromatic carbocycles.